The highest BCUT2D eigenvalue weighted by atomic mass is 32.2. The number of hydrogen-bond acceptors (Lipinski definition) is 6. The Balaban J connectivity index is 1.93. The molecule has 8 nitrogen and oxygen atoms in total. The molecule has 2 heterocycles. The lowest BCUT2D eigenvalue weighted by Gasteiger charge is -2.29. The van der Waals surface area contributed by atoms with E-state index >= 15 is 0 Å². The number of thioether (sulfide) groups is 1. The van der Waals surface area contributed by atoms with Crippen LogP contribution >= 0.6 is 11.8 Å². The van der Waals surface area contributed by atoms with Gasteiger partial charge in [-0.2, -0.15) is 4.31 Å². The van der Waals surface area contributed by atoms with Crippen LogP contribution in [0.4, 0.5) is 0 Å². The molecule has 1 fully saturated rings. The largest absolute Gasteiger partial charge is 0.378 e. The highest BCUT2D eigenvalue weighted by Gasteiger charge is 2.26. The first-order valence-corrected chi connectivity index (χ1v) is 13.7. The number of sulfonamides is 1. The summed E-state index contributed by atoms with van der Waals surface area (Å²) in [6.45, 7) is 11.7. The molecule has 1 aromatic carbocycles. The van der Waals surface area contributed by atoms with Gasteiger partial charge in [-0.15, -0.1) is 0 Å². The van der Waals surface area contributed by atoms with E-state index < -0.39 is 10.0 Å². The minimum atomic E-state index is -3.56. The number of rotatable bonds is 10. The quantitative estimate of drug-likeness (QED) is 0.484. The summed E-state index contributed by atoms with van der Waals surface area (Å²) in [6, 6.07) is 5.16. The first-order valence-electron chi connectivity index (χ1n) is 11.4. The van der Waals surface area contributed by atoms with Crippen LogP contribution in [0.3, 0.4) is 0 Å². The van der Waals surface area contributed by atoms with E-state index in [1.165, 1.54) is 16.1 Å². The lowest BCUT2D eigenvalue weighted by atomic mass is 10.3. The summed E-state index contributed by atoms with van der Waals surface area (Å²) >= 11 is 1.44. The molecule has 178 valence electrons. The lowest BCUT2D eigenvalue weighted by Crippen LogP contribution is -2.44. The summed E-state index contributed by atoms with van der Waals surface area (Å²) < 4.78 is 34.8. The summed E-state index contributed by atoms with van der Waals surface area (Å²) in [7, 11) is -3.56. The summed E-state index contributed by atoms with van der Waals surface area (Å²) in [5.41, 5.74) is 1.54. The molecule has 1 saturated heterocycles. The number of hydrogen-bond donors (Lipinski definition) is 0. The van der Waals surface area contributed by atoms with Gasteiger partial charge in [0.25, 0.3) is 0 Å². The van der Waals surface area contributed by atoms with Crippen molar-refractivity contribution in [1.82, 2.24) is 18.8 Å². The molecule has 0 aliphatic carbocycles. The summed E-state index contributed by atoms with van der Waals surface area (Å²) in [4.78, 5) is 19.8. The monoisotopic (exact) mass is 482 g/mol. The first kappa shape index (κ1) is 25.0. The SMILES string of the molecule is CCCCn1c(SC(C)C(=O)N2CCOCC2)nc2cc(S(=O)(=O)N(CC)CC)ccc21. The second kappa shape index (κ2) is 11.0. The number of amides is 1. The lowest BCUT2D eigenvalue weighted by molar-refractivity contribution is -0.134. The summed E-state index contributed by atoms with van der Waals surface area (Å²) in [5.74, 6) is 0.0807. The number of carbonyl (C=O) groups is 1. The molecule has 1 aromatic heterocycles. The van der Waals surface area contributed by atoms with Gasteiger partial charge in [0.05, 0.1) is 34.4 Å². The third kappa shape index (κ3) is 5.30. The molecule has 1 unspecified atom stereocenters. The normalized spacial score (nSPS) is 16.1. The van der Waals surface area contributed by atoms with Crippen LogP contribution < -0.4 is 0 Å². The predicted octanol–water partition coefficient (Wildman–Crippen LogP) is 3.21. The van der Waals surface area contributed by atoms with E-state index in [0.29, 0.717) is 44.9 Å². The molecule has 1 amide bonds. The molecule has 0 saturated carbocycles. The predicted molar refractivity (Wildman–Crippen MR) is 127 cm³/mol. The average molecular weight is 483 g/mol. The van der Waals surface area contributed by atoms with Crippen molar-refractivity contribution in [2.75, 3.05) is 39.4 Å². The maximum absolute atomic E-state index is 13.0. The highest BCUT2D eigenvalue weighted by Crippen LogP contribution is 2.30. The van der Waals surface area contributed by atoms with E-state index in [0.717, 1.165) is 30.1 Å². The smallest absolute Gasteiger partial charge is 0.243 e. The number of benzene rings is 1. The van der Waals surface area contributed by atoms with Gasteiger partial charge in [0.15, 0.2) is 5.16 Å². The number of ether oxygens (including phenoxy) is 1. The van der Waals surface area contributed by atoms with Gasteiger partial charge in [0.1, 0.15) is 0 Å². The average Bonchev–Trinajstić information content (AvgIpc) is 3.14. The Morgan fingerprint density at radius 1 is 1.22 bits per heavy atom. The molecule has 3 rings (SSSR count). The van der Waals surface area contributed by atoms with Gasteiger partial charge in [-0.1, -0.05) is 39.0 Å². The van der Waals surface area contributed by atoms with E-state index in [2.05, 4.69) is 11.5 Å². The molecule has 1 aliphatic heterocycles. The second-order valence-corrected chi connectivity index (χ2v) is 11.1. The standard InChI is InChI=1S/C22H34N4O4S2/c1-5-8-11-26-20-10-9-18(32(28,29)25(6-2)7-3)16-19(20)23-22(26)31-17(4)21(27)24-12-14-30-15-13-24/h9-10,16-17H,5-8,11-15H2,1-4H3. The van der Waals surface area contributed by atoms with Gasteiger partial charge >= 0.3 is 0 Å². The van der Waals surface area contributed by atoms with Gasteiger partial charge in [0, 0.05) is 32.7 Å². The van der Waals surface area contributed by atoms with Crippen molar-refractivity contribution in [3.8, 4) is 0 Å². The Morgan fingerprint density at radius 3 is 2.53 bits per heavy atom. The molecule has 2 aromatic rings. The zero-order valence-corrected chi connectivity index (χ0v) is 21.0. The molecule has 0 radical (unpaired) electrons. The van der Waals surface area contributed by atoms with Crippen molar-refractivity contribution in [3.05, 3.63) is 18.2 Å². The molecule has 0 spiro atoms. The van der Waals surface area contributed by atoms with E-state index in [4.69, 9.17) is 9.72 Å². The summed E-state index contributed by atoms with van der Waals surface area (Å²) in [5, 5.41) is 0.462. The van der Waals surface area contributed by atoms with Gasteiger partial charge in [-0.05, 0) is 31.5 Å². The van der Waals surface area contributed by atoms with Crippen molar-refractivity contribution >= 4 is 38.7 Å². The Kier molecular flexibility index (Phi) is 8.60. The topological polar surface area (TPSA) is 84.7 Å². The van der Waals surface area contributed by atoms with Crippen LogP contribution in [0.1, 0.15) is 40.5 Å². The molecule has 32 heavy (non-hydrogen) atoms. The van der Waals surface area contributed by atoms with E-state index in [-0.39, 0.29) is 16.1 Å². The van der Waals surface area contributed by atoms with Gasteiger partial charge < -0.3 is 14.2 Å². The Morgan fingerprint density at radius 2 is 1.91 bits per heavy atom. The Labute approximate surface area is 195 Å². The number of fused-ring (bicyclic) bond motifs is 1. The third-order valence-electron chi connectivity index (χ3n) is 5.72. The number of aryl methyl sites for hydroxylation is 1. The minimum absolute atomic E-state index is 0.0807. The number of unbranched alkanes of at least 4 members (excludes halogenated alkanes) is 1. The number of imidazole rings is 1. The van der Waals surface area contributed by atoms with Crippen LogP contribution in [0.15, 0.2) is 28.3 Å². The van der Waals surface area contributed by atoms with Crippen LogP contribution in [-0.2, 0) is 26.1 Å². The summed E-state index contributed by atoms with van der Waals surface area (Å²) in [6.07, 6.45) is 2.00. The van der Waals surface area contributed by atoms with Gasteiger partial charge in [-0.3, -0.25) is 4.79 Å². The van der Waals surface area contributed by atoms with Gasteiger partial charge in [0.2, 0.25) is 15.9 Å². The molecule has 1 aliphatic rings. The number of nitrogens with zero attached hydrogens (tertiary/aromatic N) is 4. The maximum atomic E-state index is 13.0. The molecule has 0 bridgehead atoms. The van der Waals surface area contributed by atoms with Gasteiger partial charge in [-0.25, -0.2) is 13.4 Å². The molecular weight excluding hydrogens is 448 g/mol. The number of morpholine rings is 1. The van der Waals surface area contributed by atoms with Crippen LogP contribution in [0.2, 0.25) is 0 Å². The maximum Gasteiger partial charge on any atom is 0.243 e. The van der Waals surface area contributed by atoms with E-state index in [9.17, 15) is 13.2 Å². The Hall–Kier alpha value is -1.62. The fraction of sp³-hybridized carbons (Fsp3) is 0.636. The fourth-order valence-corrected chi connectivity index (χ4v) is 6.34. The van der Waals surface area contributed by atoms with Crippen molar-refractivity contribution < 1.29 is 17.9 Å². The zero-order valence-electron chi connectivity index (χ0n) is 19.4. The highest BCUT2D eigenvalue weighted by molar-refractivity contribution is 8.00. The molecular formula is C22H34N4O4S2. The zero-order chi connectivity index (χ0) is 23.3. The van der Waals surface area contributed by atoms with E-state index in [1.807, 2.05) is 31.7 Å². The molecule has 0 N–H and O–H groups in total. The number of aromatic nitrogens is 2. The second-order valence-electron chi connectivity index (χ2n) is 7.84. The van der Waals surface area contributed by atoms with Crippen LogP contribution in [0.25, 0.3) is 11.0 Å². The minimum Gasteiger partial charge on any atom is -0.378 e. The van der Waals surface area contributed by atoms with Crippen LogP contribution in [0, 0.1) is 0 Å². The van der Waals surface area contributed by atoms with Crippen molar-refractivity contribution in [1.29, 1.82) is 0 Å². The first-order chi connectivity index (χ1) is 15.3. The van der Waals surface area contributed by atoms with Crippen molar-refractivity contribution in [3.63, 3.8) is 0 Å². The molecule has 1 atom stereocenters. The molecule has 10 heteroatoms. The third-order valence-corrected chi connectivity index (χ3v) is 8.84. The van der Waals surface area contributed by atoms with Crippen molar-refractivity contribution in [2.45, 2.75) is 62.4 Å². The van der Waals surface area contributed by atoms with Crippen LogP contribution in [0.5, 0.6) is 0 Å². The number of carbonyl (C=O) groups excluding carboxylic acids is 1. The van der Waals surface area contributed by atoms with Crippen molar-refractivity contribution in [2.24, 2.45) is 0 Å². The Bertz CT molecular complexity index is 1030. The van der Waals surface area contributed by atoms with Crippen LogP contribution in [-0.4, -0.2) is 77.7 Å². The van der Waals surface area contributed by atoms with E-state index in [1.54, 1.807) is 12.1 Å². The fourth-order valence-electron chi connectivity index (χ4n) is 3.83.